The number of hydrogen-bond donors (Lipinski definition) is 1. The summed E-state index contributed by atoms with van der Waals surface area (Å²) in [5.74, 6) is 0.226. The molecule has 0 saturated carbocycles. The van der Waals surface area contributed by atoms with Gasteiger partial charge in [0.05, 0.1) is 4.90 Å². The van der Waals surface area contributed by atoms with Crippen LogP contribution in [0.4, 0.5) is 11.6 Å². The van der Waals surface area contributed by atoms with Crippen LogP contribution in [0.15, 0.2) is 91.6 Å². The minimum atomic E-state index is -3.92. The molecular weight excluding hydrogens is 488 g/mol. The summed E-state index contributed by atoms with van der Waals surface area (Å²) in [6.45, 7) is 1.97. The van der Waals surface area contributed by atoms with Gasteiger partial charge < -0.3 is 9.73 Å². The number of benzene rings is 3. The van der Waals surface area contributed by atoms with Gasteiger partial charge in [-0.05, 0) is 67.6 Å². The Bertz CT molecular complexity index is 1280. The van der Waals surface area contributed by atoms with Gasteiger partial charge in [0, 0.05) is 20.7 Å². The number of hydrogen-bond acceptors (Lipinski definition) is 5. The van der Waals surface area contributed by atoms with Crippen LogP contribution >= 0.6 is 27.5 Å². The number of sulfone groups is 1. The predicted molar refractivity (Wildman–Crippen MR) is 121 cm³/mol. The van der Waals surface area contributed by atoms with Gasteiger partial charge in [0.25, 0.3) is 0 Å². The highest BCUT2D eigenvalue weighted by Crippen LogP contribution is 2.34. The lowest BCUT2D eigenvalue weighted by Crippen LogP contribution is -2.05. The first kappa shape index (κ1) is 20.7. The third-order valence-electron chi connectivity index (χ3n) is 4.38. The normalized spacial score (nSPS) is 11.4. The lowest BCUT2D eigenvalue weighted by atomic mass is 10.2. The molecule has 1 aromatic heterocycles. The van der Waals surface area contributed by atoms with Gasteiger partial charge in [-0.1, -0.05) is 45.2 Å². The smallest absolute Gasteiger partial charge is 0.238 e. The molecule has 4 rings (SSSR count). The number of aromatic nitrogens is 1. The molecule has 0 fully saturated rings. The Kier molecular flexibility index (Phi) is 5.69. The van der Waals surface area contributed by atoms with Crippen LogP contribution in [0.5, 0.6) is 0 Å². The van der Waals surface area contributed by atoms with Gasteiger partial charge >= 0.3 is 0 Å². The van der Waals surface area contributed by atoms with Crippen LogP contribution in [0.1, 0.15) is 5.56 Å². The predicted octanol–water partition coefficient (Wildman–Crippen LogP) is 6.64. The molecule has 0 aliphatic rings. The van der Waals surface area contributed by atoms with E-state index in [1.165, 1.54) is 12.1 Å². The van der Waals surface area contributed by atoms with Crippen molar-refractivity contribution in [1.29, 1.82) is 0 Å². The lowest BCUT2D eigenvalue weighted by molar-refractivity contribution is 0.582. The van der Waals surface area contributed by atoms with E-state index >= 15 is 0 Å². The lowest BCUT2D eigenvalue weighted by Gasteiger charge is -2.06. The first-order chi connectivity index (χ1) is 14.3. The van der Waals surface area contributed by atoms with Gasteiger partial charge in [-0.15, -0.1) is 0 Å². The minimum absolute atomic E-state index is 0.0479. The molecule has 0 aliphatic heterocycles. The summed E-state index contributed by atoms with van der Waals surface area (Å²) < 4.78 is 33.3. The topological polar surface area (TPSA) is 72.2 Å². The molecule has 0 bridgehead atoms. The first-order valence-corrected chi connectivity index (χ1v) is 11.6. The minimum Gasteiger partial charge on any atom is -0.419 e. The fraction of sp³-hybridized carbons (Fsp3) is 0.0455. The van der Waals surface area contributed by atoms with Gasteiger partial charge in [0.2, 0.25) is 26.6 Å². The Morgan fingerprint density at radius 3 is 2.20 bits per heavy atom. The Balaban J connectivity index is 1.83. The van der Waals surface area contributed by atoms with Crippen molar-refractivity contribution in [1.82, 2.24) is 4.98 Å². The molecule has 1 heterocycles. The van der Waals surface area contributed by atoms with Crippen LogP contribution in [0.3, 0.4) is 0 Å². The maximum Gasteiger partial charge on any atom is 0.238 e. The fourth-order valence-electron chi connectivity index (χ4n) is 2.78. The van der Waals surface area contributed by atoms with Crippen molar-refractivity contribution in [2.75, 3.05) is 5.32 Å². The maximum atomic E-state index is 13.3. The Morgan fingerprint density at radius 1 is 0.933 bits per heavy atom. The average molecular weight is 504 g/mol. The Hall–Kier alpha value is -2.61. The van der Waals surface area contributed by atoms with Crippen molar-refractivity contribution in [2.45, 2.75) is 16.8 Å². The fourth-order valence-corrected chi connectivity index (χ4v) is 4.42. The molecule has 1 N–H and O–H groups in total. The highest BCUT2D eigenvalue weighted by molar-refractivity contribution is 9.10. The van der Waals surface area contributed by atoms with E-state index in [1.807, 2.05) is 31.2 Å². The number of aryl methyl sites for hydroxylation is 1. The van der Waals surface area contributed by atoms with Crippen LogP contribution in [-0.4, -0.2) is 13.4 Å². The van der Waals surface area contributed by atoms with Gasteiger partial charge in [-0.25, -0.2) is 8.42 Å². The standard InChI is InChI=1S/C22H16BrClN2O3S/c1-14-2-10-18(11-3-14)25-21-22(30(27,28)19-12-6-16(23)7-13-19)26-20(29-21)15-4-8-17(24)9-5-15/h2-13,25H,1H3. The van der Waals surface area contributed by atoms with E-state index in [9.17, 15) is 8.42 Å². The van der Waals surface area contributed by atoms with Crippen LogP contribution in [-0.2, 0) is 9.84 Å². The molecule has 5 nitrogen and oxygen atoms in total. The summed E-state index contributed by atoms with van der Waals surface area (Å²) >= 11 is 9.28. The summed E-state index contributed by atoms with van der Waals surface area (Å²) in [4.78, 5) is 4.44. The largest absolute Gasteiger partial charge is 0.419 e. The third-order valence-corrected chi connectivity index (χ3v) is 6.83. The maximum absolute atomic E-state index is 13.3. The molecule has 30 heavy (non-hydrogen) atoms. The van der Waals surface area contributed by atoms with Crippen LogP contribution in [0.2, 0.25) is 5.02 Å². The monoisotopic (exact) mass is 502 g/mol. The molecule has 0 saturated heterocycles. The van der Waals surface area contributed by atoms with Crippen LogP contribution < -0.4 is 5.32 Å². The molecule has 0 spiro atoms. The van der Waals surface area contributed by atoms with Crippen LogP contribution in [0, 0.1) is 6.92 Å². The number of nitrogens with one attached hydrogen (secondary N) is 1. The first-order valence-electron chi connectivity index (χ1n) is 8.94. The zero-order valence-corrected chi connectivity index (χ0v) is 18.9. The zero-order valence-electron chi connectivity index (χ0n) is 15.8. The number of rotatable bonds is 5. The molecule has 0 unspecified atom stereocenters. The van der Waals surface area contributed by atoms with E-state index in [0.29, 0.717) is 16.3 Å². The molecule has 0 amide bonds. The summed E-state index contributed by atoms with van der Waals surface area (Å²) in [6.07, 6.45) is 0. The Labute approximate surface area is 187 Å². The second kappa shape index (κ2) is 8.26. The molecule has 0 atom stereocenters. The van der Waals surface area contributed by atoms with E-state index in [4.69, 9.17) is 16.0 Å². The summed E-state index contributed by atoms with van der Waals surface area (Å²) in [7, 11) is -3.92. The van der Waals surface area contributed by atoms with Crippen molar-refractivity contribution in [3.8, 4) is 11.5 Å². The molecule has 3 aromatic carbocycles. The van der Waals surface area contributed by atoms with Crippen molar-refractivity contribution in [3.05, 3.63) is 87.9 Å². The quantitative estimate of drug-likeness (QED) is 0.330. The SMILES string of the molecule is Cc1ccc(Nc2oc(-c3ccc(Cl)cc3)nc2S(=O)(=O)c2ccc(Br)cc2)cc1. The van der Waals surface area contributed by atoms with Crippen LogP contribution in [0.25, 0.3) is 11.5 Å². The van der Waals surface area contributed by atoms with Crippen molar-refractivity contribution >= 4 is 48.9 Å². The van der Waals surface area contributed by atoms with E-state index in [1.54, 1.807) is 36.4 Å². The van der Waals surface area contributed by atoms with E-state index in [0.717, 1.165) is 10.0 Å². The average Bonchev–Trinajstić information content (AvgIpc) is 3.15. The van der Waals surface area contributed by atoms with Crippen molar-refractivity contribution in [3.63, 3.8) is 0 Å². The van der Waals surface area contributed by atoms with Gasteiger partial charge in [-0.3, -0.25) is 0 Å². The summed E-state index contributed by atoms with van der Waals surface area (Å²) in [5.41, 5.74) is 2.39. The number of oxazole rings is 1. The molecule has 0 radical (unpaired) electrons. The van der Waals surface area contributed by atoms with E-state index in [2.05, 4.69) is 26.2 Å². The van der Waals surface area contributed by atoms with Gasteiger partial charge in [-0.2, -0.15) is 4.98 Å². The van der Waals surface area contributed by atoms with Gasteiger partial charge in [0.1, 0.15) is 0 Å². The van der Waals surface area contributed by atoms with E-state index in [-0.39, 0.29) is 21.7 Å². The highest BCUT2D eigenvalue weighted by Gasteiger charge is 2.28. The molecular formula is C22H16BrClN2O3S. The van der Waals surface area contributed by atoms with Crippen molar-refractivity contribution < 1.29 is 12.8 Å². The zero-order chi connectivity index (χ0) is 21.3. The second-order valence-corrected chi connectivity index (χ2v) is 9.83. The Morgan fingerprint density at radius 2 is 1.57 bits per heavy atom. The molecule has 4 aromatic rings. The van der Waals surface area contributed by atoms with Crippen molar-refractivity contribution in [2.24, 2.45) is 0 Å². The number of halogens is 2. The number of nitrogens with zero attached hydrogens (tertiary/aromatic N) is 1. The molecule has 0 aliphatic carbocycles. The second-order valence-electron chi connectivity index (χ2n) is 6.61. The molecule has 152 valence electrons. The third kappa shape index (κ3) is 4.28. The highest BCUT2D eigenvalue weighted by atomic mass is 79.9. The van der Waals surface area contributed by atoms with Gasteiger partial charge in [0.15, 0.2) is 0 Å². The van der Waals surface area contributed by atoms with E-state index < -0.39 is 9.84 Å². The number of anilines is 2. The summed E-state index contributed by atoms with van der Waals surface area (Å²) in [5, 5.41) is 3.42. The molecule has 8 heteroatoms. The summed E-state index contributed by atoms with van der Waals surface area (Å²) in [6, 6.07) is 20.7.